The Labute approximate surface area is 97.4 Å². The van der Waals surface area contributed by atoms with Crippen molar-refractivity contribution in [3.05, 3.63) is 53.7 Å². The van der Waals surface area contributed by atoms with Crippen LogP contribution in [0.25, 0.3) is 11.3 Å². The van der Waals surface area contributed by atoms with E-state index in [2.05, 4.69) is 68.1 Å². The Morgan fingerprint density at radius 2 is 1.88 bits per heavy atom. The number of aromatic nitrogens is 1. The highest BCUT2D eigenvalue weighted by atomic mass is 14.9. The van der Waals surface area contributed by atoms with E-state index in [1.54, 1.807) is 0 Å². The zero-order chi connectivity index (χ0) is 11.5. The van der Waals surface area contributed by atoms with Crippen LogP contribution in [0.15, 0.2) is 42.6 Å². The van der Waals surface area contributed by atoms with Crippen LogP contribution in [0, 0.1) is 6.92 Å². The van der Waals surface area contributed by atoms with Gasteiger partial charge in [-0.25, -0.2) is 4.57 Å². The fraction of sp³-hybridized carbons (Fsp3) is 0.267. The molecule has 0 aliphatic carbocycles. The summed E-state index contributed by atoms with van der Waals surface area (Å²) in [7, 11) is 2.10. The lowest BCUT2D eigenvalue weighted by Crippen LogP contribution is -2.30. The SMILES string of the molecule is CCc1cc[n+](C)c(-c2ccccc2C)c1. The predicted molar refractivity (Wildman–Crippen MR) is 67.2 cm³/mol. The number of nitrogens with zero attached hydrogens (tertiary/aromatic N) is 1. The van der Waals surface area contributed by atoms with Gasteiger partial charge < -0.3 is 0 Å². The first-order chi connectivity index (χ1) is 7.72. The van der Waals surface area contributed by atoms with Gasteiger partial charge in [0, 0.05) is 17.7 Å². The zero-order valence-electron chi connectivity index (χ0n) is 10.2. The van der Waals surface area contributed by atoms with E-state index < -0.39 is 0 Å². The van der Waals surface area contributed by atoms with Gasteiger partial charge in [-0.3, -0.25) is 0 Å². The molecule has 16 heavy (non-hydrogen) atoms. The minimum Gasteiger partial charge on any atom is -0.201 e. The molecule has 0 N–H and O–H groups in total. The lowest BCUT2D eigenvalue weighted by Gasteiger charge is -2.05. The molecule has 1 nitrogen and oxygen atoms in total. The van der Waals surface area contributed by atoms with Crippen LogP contribution < -0.4 is 4.57 Å². The Balaban J connectivity index is 2.59. The monoisotopic (exact) mass is 212 g/mol. The summed E-state index contributed by atoms with van der Waals surface area (Å²) < 4.78 is 2.18. The first kappa shape index (κ1) is 10.9. The van der Waals surface area contributed by atoms with E-state index in [4.69, 9.17) is 0 Å². The summed E-state index contributed by atoms with van der Waals surface area (Å²) in [6.07, 6.45) is 3.22. The minimum atomic E-state index is 1.08. The third-order valence-corrected chi connectivity index (χ3v) is 3.04. The van der Waals surface area contributed by atoms with E-state index in [1.807, 2.05) is 0 Å². The summed E-state index contributed by atoms with van der Waals surface area (Å²) in [6.45, 7) is 4.35. The summed E-state index contributed by atoms with van der Waals surface area (Å²) in [6, 6.07) is 13.0. The summed E-state index contributed by atoms with van der Waals surface area (Å²) in [5, 5.41) is 0. The highest BCUT2D eigenvalue weighted by Crippen LogP contribution is 2.20. The van der Waals surface area contributed by atoms with Crippen molar-refractivity contribution in [1.82, 2.24) is 0 Å². The van der Waals surface area contributed by atoms with Crippen LogP contribution in [0.2, 0.25) is 0 Å². The van der Waals surface area contributed by atoms with E-state index >= 15 is 0 Å². The quantitative estimate of drug-likeness (QED) is 0.674. The van der Waals surface area contributed by atoms with Crippen molar-refractivity contribution in [2.24, 2.45) is 7.05 Å². The molecule has 0 bridgehead atoms. The van der Waals surface area contributed by atoms with Gasteiger partial charge in [-0.05, 0) is 30.5 Å². The van der Waals surface area contributed by atoms with E-state index in [0.717, 1.165) is 6.42 Å². The van der Waals surface area contributed by atoms with Gasteiger partial charge in [0.15, 0.2) is 6.20 Å². The average molecular weight is 212 g/mol. The van der Waals surface area contributed by atoms with Gasteiger partial charge in [-0.1, -0.05) is 25.1 Å². The number of hydrogen-bond acceptors (Lipinski definition) is 0. The number of pyridine rings is 1. The molecular weight excluding hydrogens is 194 g/mol. The lowest BCUT2D eigenvalue weighted by atomic mass is 10.0. The maximum atomic E-state index is 2.28. The molecule has 0 unspecified atom stereocenters. The third-order valence-electron chi connectivity index (χ3n) is 3.04. The molecule has 2 aromatic rings. The van der Waals surface area contributed by atoms with Gasteiger partial charge >= 0.3 is 0 Å². The highest BCUT2D eigenvalue weighted by Gasteiger charge is 2.11. The smallest absolute Gasteiger partial charge is 0.201 e. The lowest BCUT2D eigenvalue weighted by molar-refractivity contribution is -0.660. The van der Waals surface area contributed by atoms with Crippen molar-refractivity contribution >= 4 is 0 Å². The van der Waals surface area contributed by atoms with Crippen LogP contribution >= 0.6 is 0 Å². The minimum absolute atomic E-state index is 1.08. The van der Waals surface area contributed by atoms with E-state index in [0.29, 0.717) is 0 Å². The maximum Gasteiger partial charge on any atom is 0.212 e. The van der Waals surface area contributed by atoms with Crippen LogP contribution in [0.5, 0.6) is 0 Å². The summed E-state index contributed by atoms with van der Waals surface area (Å²) in [5.74, 6) is 0. The van der Waals surface area contributed by atoms with Gasteiger partial charge in [-0.2, -0.15) is 0 Å². The fourth-order valence-electron chi connectivity index (χ4n) is 1.96. The van der Waals surface area contributed by atoms with Crippen molar-refractivity contribution in [2.45, 2.75) is 20.3 Å². The first-order valence-corrected chi connectivity index (χ1v) is 5.77. The topological polar surface area (TPSA) is 3.88 Å². The molecule has 1 aromatic heterocycles. The van der Waals surface area contributed by atoms with Gasteiger partial charge in [-0.15, -0.1) is 0 Å². The summed E-state index contributed by atoms with van der Waals surface area (Å²) in [5.41, 5.74) is 5.32. The molecule has 1 heterocycles. The maximum absolute atomic E-state index is 2.28. The number of benzene rings is 1. The molecule has 0 atom stereocenters. The normalized spacial score (nSPS) is 10.4. The van der Waals surface area contributed by atoms with Crippen LogP contribution in [0.4, 0.5) is 0 Å². The zero-order valence-corrected chi connectivity index (χ0v) is 10.2. The molecule has 2 rings (SSSR count). The second kappa shape index (κ2) is 4.48. The molecule has 1 heteroatoms. The third kappa shape index (κ3) is 1.99. The van der Waals surface area contributed by atoms with Crippen molar-refractivity contribution in [3.63, 3.8) is 0 Å². The van der Waals surface area contributed by atoms with Gasteiger partial charge in [0.2, 0.25) is 5.69 Å². The standard InChI is InChI=1S/C15H18N/c1-4-13-9-10-16(3)15(11-13)14-8-6-5-7-12(14)2/h5-11H,4H2,1-3H3/q+1. The molecule has 0 aliphatic rings. The van der Waals surface area contributed by atoms with Crippen molar-refractivity contribution < 1.29 is 4.57 Å². The average Bonchev–Trinajstić information content (AvgIpc) is 2.31. The van der Waals surface area contributed by atoms with Crippen molar-refractivity contribution in [1.29, 1.82) is 0 Å². The van der Waals surface area contributed by atoms with E-state index in [9.17, 15) is 0 Å². The van der Waals surface area contributed by atoms with Gasteiger partial charge in [0.1, 0.15) is 7.05 Å². The van der Waals surface area contributed by atoms with Crippen LogP contribution in [0.1, 0.15) is 18.1 Å². The van der Waals surface area contributed by atoms with Crippen molar-refractivity contribution in [3.8, 4) is 11.3 Å². The molecule has 0 saturated heterocycles. The first-order valence-electron chi connectivity index (χ1n) is 5.77. The molecule has 0 radical (unpaired) electrons. The Bertz CT molecular complexity index is 501. The second-order valence-corrected chi connectivity index (χ2v) is 4.20. The largest absolute Gasteiger partial charge is 0.212 e. The number of aryl methyl sites for hydroxylation is 3. The Hall–Kier alpha value is -1.63. The molecule has 0 aliphatic heterocycles. The number of hydrogen-bond donors (Lipinski definition) is 0. The summed E-state index contributed by atoms with van der Waals surface area (Å²) in [4.78, 5) is 0. The molecule has 0 amide bonds. The second-order valence-electron chi connectivity index (χ2n) is 4.20. The molecule has 0 saturated carbocycles. The number of rotatable bonds is 2. The van der Waals surface area contributed by atoms with Crippen LogP contribution in [-0.4, -0.2) is 0 Å². The van der Waals surface area contributed by atoms with Crippen LogP contribution in [-0.2, 0) is 13.5 Å². The van der Waals surface area contributed by atoms with Gasteiger partial charge in [0.25, 0.3) is 0 Å². The molecule has 0 spiro atoms. The predicted octanol–water partition coefficient (Wildman–Crippen LogP) is 3.05. The highest BCUT2D eigenvalue weighted by molar-refractivity contribution is 5.61. The fourth-order valence-corrected chi connectivity index (χ4v) is 1.96. The van der Waals surface area contributed by atoms with E-state index in [-0.39, 0.29) is 0 Å². The molecular formula is C15H18N+. The molecule has 82 valence electrons. The Morgan fingerprint density at radius 1 is 1.12 bits per heavy atom. The molecule has 0 fully saturated rings. The van der Waals surface area contributed by atoms with Crippen LogP contribution in [0.3, 0.4) is 0 Å². The summed E-state index contributed by atoms with van der Waals surface area (Å²) >= 11 is 0. The Morgan fingerprint density at radius 3 is 2.56 bits per heavy atom. The van der Waals surface area contributed by atoms with E-state index in [1.165, 1.54) is 22.4 Å². The Kier molecular flexibility index (Phi) is 3.04. The van der Waals surface area contributed by atoms with Crippen molar-refractivity contribution in [2.75, 3.05) is 0 Å². The van der Waals surface area contributed by atoms with Gasteiger partial charge in [0.05, 0.1) is 0 Å². The molecule has 1 aromatic carbocycles.